The molecule has 6 aliphatic rings. The van der Waals surface area contributed by atoms with Crippen molar-refractivity contribution >= 4 is 0 Å². The average Bonchev–Trinajstić information content (AvgIpc) is 3.51. The van der Waals surface area contributed by atoms with E-state index >= 15 is 0 Å². The lowest BCUT2D eigenvalue weighted by Crippen LogP contribution is -2.56. The highest BCUT2D eigenvalue weighted by Crippen LogP contribution is 2.87. The molecule has 0 amide bonds. The quantitative estimate of drug-likeness (QED) is 0.317. The third-order valence-corrected chi connectivity index (χ3v) is 13.9. The number of rotatable bonds is 10. The predicted octanol–water partition coefficient (Wildman–Crippen LogP) is 6.34. The second-order valence-electron chi connectivity index (χ2n) is 16.4. The van der Waals surface area contributed by atoms with E-state index in [9.17, 15) is 5.11 Å². The SMILES string of the molecule is CCCC1C(OC[C@H](OCC)C(C)(C)O)CC2C3CCC4C(C)(C)[C@@H](OC5CNCCO5)CCC45C[C@@]35CCC12C. The summed E-state index contributed by atoms with van der Waals surface area (Å²) in [5, 5.41) is 14.2. The predicted molar refractivity (Wildman–Crippen MR) is 161 cm³/mol. The van der Waals surface area contributed by atoms with Crippen LogP contribution in [0.2, 0.25) is 0 Å². The van der Waals surface area contributed by atoms with Crippen LogP contribution in [0.3, 0.4) is 0 Å². The first-order chi connectivity index (χ1) is 19.4. The van der Waals surface area contributed by atoms with Crippen LogP contribution >= 0.6 is 0 Å². The van der Waals surface area contributed by atoms with Crippen molar-refractivity contribution in [3.8, 4) is 0 Å². The largest absolute Gasteiger partial charge is 0.388 e. The molecule has 11 atom stereocenters. The number of ether oxygens (including phenoxy) is 4. The normalized spacial score (nSPS) is 47.6. The highest BCUT2D eigenvalue weighted by atomic mass is 16.7. The van der Waals surface area contributed by atoms with Gasteiger partial charge in [0.2, 0.25) is 0 Å². The third kappa shape index (κ3) is 4.88. The molecule has 0 bridgehead atoms. The minimum Gasteiger partial charge on any atom is -0.388 e. The van der Waals surface area contributed by atoms with E-state index in [4.69, 9.17) is 18.9 Å². The molecule has 1 heterocycles. The third-order valence-electron chi connectivity index (χ3n) is 13.9. The summed E-state index contributed by atoms with van der Waals surface area (Å²) in [6.07, 6.45) is 13.3. The molecule has 0 aromatic carbocycles. The Labute approximate surface area is 250 Å². The highest BCUT2D eigenvalue weighted by molar-refractivity contribution is 5.29. The Balaban J connectivity index is 1.19. The Morgan fingerprint density at radius 3 is 2.51 bits per heavy atom. The molecule has 6 heteroatoms. The molecule has 2 N–H and O–H groups in total. The van der Waals surface area contributed by atoms with Crippen LogP contribution in [0.5, 0.6) is 0 Å². The van der Waals surface area contributed by atoms with Crippen LogP contribution in [-0.4, -0.2) is 68.2 Å². The fourth-order valence-corrected chi connectivity index (χ4v) is 11.9. The fraction of sp³-hybridized carbons (Fsp3) is 1.00. The molecule has 0 radical (unpaired) electrons. The van der Waals surface area contributed by atoms with E-state index in [1.165, 1.54) is 64.2 Å². The van der Waals surface area contributed by atoms with Crippen molar-refractivity contribution in [3.63, 3.8) is 0 Å². The molecule has 8 unspecified atom stereocenters. The highest BCUT2D eigenvalue weighted by Gasteiger charge is 2.80. The van der Waals surface area contributed by atoms with E-state index in [-0.39, 0.29) is 23.9 Å². The molecule has 41 heavy (non-hydrogen) atoms. The van der Waals surface area contributed by atoms with Crippen LogP contribution in [0.1, 0.15) is 113 Å². The number of nitrogens with one attached hydrogen (secondary N) is 1. The van der Waals surface area contributed by atoms with Crippen LogP contribution < -0.4 is 5.32 Å². The van der Waals surface area contributed by atoms with Crippen molar-refractivity contribution in [3.05, 3.63) is 0 Å². The van der Waals surface area contributed by atoms with E-state index in [0.29, 0.717) is 41.5 Å². The summed E-state index contributed by atoms with van der Waals surface area (Å²) in [5.41, 5.74) is 0.712. The van der Waals surface area contributed by atoms with E-state index in [1.807, 2.05) is 20.8 Å². The van der Waals surface area contributed by atoms with Gasteiger partial charge in [-0.15, -0.1) is 0 Å². The summed E-state index contributed by atoms with van der Waals surface area (Å²) in [4.78, 5) is 0. The molecular formula is C35H61NO5. The van der Waals surface area contributed by atoms with Gasteiger partial charge in [-0.25, -0.2) is 0 Å². The molecule has 5 aliphatic carbocycles. The molecule has 5 saturated carbocycles. The number of fused-ring (bicyclic) bond motifs is 2. The fourth-order valence-electron chi connectivity index (χ4n) is 11.9. The van der Waals surface area contributed by atoms with Crippen molar-refractivity contribution in [1.82, 2.24) is 5.32 Å². The zero-order valence-corrected chi connectivity index (χ0v) is 27.3. The van der Waals surface area contributed by atoms with Gasteiger partial charge in [0.05, 0.1) is 31.0 Å². The Kier molecular flexibility index (Phi) is 8.24. The van der Waals surface area contributed by atoms with Crippen LogP contribution in [0.15, 0.2) is 0 Å². The number of aliphatic hydroxyl groups is 1. The summed E-state index contributed by atoms with van der Waals surface area (Å²) >= 11 is 0. The minimum absolute atomic E-state index is 0.0911. The summed E-state index contributed by atoms with van der Waals surface area (Å²) in [7, 11) is 0. The van der Waals surface area contributed by atoms with Crippen LogP contribution in [0, 0.1) is 45.3 Å². The average molecular weight is 576 g/mol. The minimum atomic E-state index is -0.899. The maximum atomic E-state index is 10.7. The first kappa shape index (κ1) is 30.8. The maximum Gasteiger partial charge on any atom is 0.170 e. The monoisotopic (exact) mass is 575 g/mol. The molecule has 0 aromatic rings. The topological polar surface area (TPSA) is 69.2 Å². The first-order valence-corrected chi connectivity index (χ1v) is 17.4. The van der Waals surface area contributed by atoms with Gasteiger partial charge in [0.25, 0.3) is 0 Å². The van der Waals surface area contributed by atoms with Gasteiger partial charge in [-0.2, -0.15) is 0 Å². The molecule has 6 fully saturated rings. The van der Waals surface area contributed by atoms with Crippen LogP contribution in [0.25, 0.3) is 0 Å². The number of hydrogen-bond acceptors (Lipinski definition) is 6. The van der Waals surface area contributed by atoms with Crippen molar-refractivity contribution in [2.24, 2.45) is 45.3 Å². The van der Waals surface area contributed by atoms with E-state index in [2.05, 4.69) is 33.0 Å². The van der Waals surface area contributed by atoms with Gasteiger partial charge < -0.3 is 29.4 Å². The standard InChI is InChI=1S/C35H61NO5/c1-8-10-24-26(40-21-29(38-9-2)32(5,6)37)19-25-23-11-12-27-31(3,4)28(41-30-20-36-17-18-39-30)13-14-35(27)22-34(23,35)16-15-33(24,25)7/h23-30,36-37H,8-22H2,1-7H3/t23?,24?,25?,26?,27?,28-,29-,30?,33?,34-,35?/m0/s1. The number of morpholine rings is 1. The van der Waals surface area contributed by atoms with E-state index in [0.717, 1.165) is 37.5 Å². The summed E-state index contributed by atoms with van der Waals surface area (Å²) < 4.78 is 25.4. The van der Waals surface area contributed by atoms with E-state index in [1.54, 1.807) is 0 Å². The summed E-state index contributed by atoms with van der Waals surface area (Å²) in [5.74, 6) is 2.95. The molecule has 6 rings (SSSR count). The Morgan fingerprint density at radius 2 is 1.83 bits per heavy atom. The molecular weight excluding hydrogens is 514 g/mol. The molecule has 2 spiro atoms. The van der Waals surface area contributed by atoms with Crippen molar-refractivity contribution in [1.29, 1.82) is 0 Å². The molecule has 236 valence electrons. The lowest BCUT2D eigenvalue weighted by atomic mass is 9.46. The van der Waals surface area contributed by atoms with Gasteiger partial charge in [0, 0.05) is 19.7 Å². The molecule has 1 saturated heterocycles. The first-order valence-electron chi connectivity index (χ1n) is 17.4. The Bertz CT molecular complexity index is 928. The maximum absolute atomic E-state index is 10.7. The Morgan fingerprint density at radius 1 is 1.02 bits per heavy atom. The lowest BCUT2D eigenvalue weighted by Gasteiger charge is -2.59. The zero-order chi connectivity index (χ0) is 29.3. The van der Waals surface area contributed by atoms with Gasteiger partial charge in [-0.1, -0.05) is 34.1 Å². The molecule has 1 aliphatic heterocycles. The van der Waals surface area contributed by atoms with E-state index < -0.39 is 5.60 Å². The van der Waals surface area contributed by atoms with Gasteiger partial charge >= 0.3 is 0 Å². The van der Waals surface area contributed by atoms with Crippen molar-refractivity contribution in [2.75, 3.05) is 32.9 Å². The van der Waals surface area contributed by atoms with Crippen molar-refractivity contribution < 1.29 is 24.1 Å². The lowest BCUT2D eigenvalue weighted by molar-refractivity contribution is -0.232. The van der Waals surface area contributed by atoms with Gasteiger partial charge in [0.15, 0.2) is 6.29 Å². The van der Waals surface area contributed by atoms with Gasteiger partial charge in [-0.05, 0) is 124 Å². The summed E-state index contributed by atoms with van der Waals surface area (Å²) in [6.45, 7) is 19.3. The second-order valence-corrected chi connectivity index (χ2v) is 16.4. The number of hydrogen-bond donors (Lipinski definition) is 2. The Hall–Kier alpha value is -0.240. The van der Waals surface area contributed by atoms with Gasteiger partial charge in [0.1, 0.15) is 6.10 Å². The smallest absolute Gasteiger partial charge is 0.170 e. The van der Waals surface area contributed by atoms with Gasteiger partial charge in [-0.3, -0.25) is 0 Å². The van der Waals surface area contributed by atoms with Crippen molar-refractivity contribution in [2.45, 2.75) is 143 Å². The van der Waals surface area contributed by atoms with Crippen LogP contribution in [-0.2, 0) is 18.9 Å². The summed E-state index contributed by atoms with van der Waals surface area (Å²) in [6, 6.07) is 0. The van der Waals surface area contributed by atoms with Crippen LogP contribution in [0.4, 0.5) is 0 Å². The second kappa shape index (κ2) is 11.0. The zero-order valence-electron chi connectivity index (χ0n) is 27.3. The molecule has 0 aromatic heterocycles. The molecule has 6 nitrogen and oxygen atoms in total.